The van der Waals surface area contributed by atoms with Gasteiger partial charge in [0.25, 0.3) is 0 Å². The van der Waals surface area contributed by atoms with Gasteiger partial charge in [-0.25, -0.2) is 4.79 Å². The molecule has 0 heterocycles. The van der Waals surface area contributed by atoms with Gasteiger partial charge in [-0.05, 0) is 13.0 Å². The summed E-state index contributed by atoms with van der Waals surface area (Å²) in [6, 6.07) is -0.797. The molecule has 0 radical (unpaired) electrons. The van der Waals surface area contributed by atoms with Crippen molar-refractivity contribution >= 4 is 11.9 Å². The minimum atomic E-state index is -0.797. The number of amides is 3. The first-order valence-electron chi connectivity index (χ1n) is 6.96. The van der Waals surface area contributed by atoms with E-state index in [1.165, 1.54) is 44.9 Å². The second-order valence-corrected chi connectivity index (χ2v) is 4.56. The number of hydrogen-bond acceptors (Lipinski definition) is 3. The van der Waals surface area contributed by atoms with E-state index in [0.29, 0.717) is 0 Å². The zero-order valence-electron chi connectivity index (χ0n) is 11.5. The molecule has 5 heteroatoms. The number of primary amides is 1. The van der Waals surface area contributed by atoms with E-state index in [2.05, 4.69) is 12.2 Å². The van der Waals surface area contributed by atoms with Gasteiger partial charge in [0.2, 0.25) is 5.91 Å². The third-order valence-corrected chi connectivity index (χ3v) is 2.76. The Kier molecular flexibility index (Phi) is 11.6. The summed E-state index contributed by atoms with van der Waals surface area (Å²) >= 11 is 0. The molecule has 0 aromatic carbocycles. The number of nitrogens with one attached hydrogen (secondary N) is 2. The monoisotopic (exact) mass is 257 g/mol. The van der Waals surface area contributed by atoms with Crippen LogP contribution in [-0.2, 0) is 4.79 Å². The number of urea groups is 1. The summed E-state index contributed by atoms with van der Waals surface area (Å²) in [7, 11) is 0. The molecular formula is C13H27N3O2. The Morgan fingerprint density at radius 2 is 1.50 bits per heavy atom. The molecule has 0 spiro atoms. The van der Waals surface area contributed by atoms with Gasteiger partial charge in [0.15, 0.2) is 0 Å². The Morgan fingerprint density at radius 1 is 0.944 bits per heavy atom. The van der Waals surface area contributed by atoms with E-state index >= 15 is 0 Å². The molecule has 3 amide bonds. The number of imide groups is 1. The average molecular weight is 257 g/mol. The molecule has 4 N–H and O–H groups in total. The lowest BCUT2D eigenvalue weighted by atomic mass is 10.1. The highest BCUT2D eigenvalue weighted by Gasteiger charge is 2.02. The summed E-state index contributed by atoms with van der Waals surface area (Å²) in [5.74, 6) is -0.373. The minimum Gasteiger partial charge on any atom is -0.351 e. The summed E-state index contributed by atoms with van der Waals surface area (Å²) in [6.07, 6.45) is 10.1. The zero-order chi connectivity index (χ0) is 13.6. The fourth-order valence-electron chi connectivity index (χ4n) is 1.77. The maximum atomic E-state index is 11.0. The SMILES string of the molecule is CCCCCCCCCCNCC(=O)NC(N)=O. The van der Waals surface area contributed by atoms with Crippen molar-refractivity contribution in [3.8, 4) is 0 Å². The van der Waals surface area contributed by atoms with Crippen molar-refractivity contribution < 1.29 is 9.59 Å². The van der Waals surface area contributed by atoms with Gasteiger partial charge in [-0.1, -0.05) is 51.9 Å². The van der Waals surface area contributed by atoms with Crippen LogP contribution in [-0.4, -0.2) is 25.0 Å². The van der Waals surface area contributed by atoms with Crippen LogP contribution in [0.1, 0.15) is 58.3 Å². The molecule has 0 atom stereocenters. The van der Waals surface area contributed by atoms with E-state index in [0.717, 1.165) is 13.0 Å². The fraction of sp³-hybridized carbons (Fsp3) is 0.846. The second-order valence-electron chi connectivity index (χ2n) is 4.56. The first kappa shape index (κ1) is 16.9. The highest BCUT2D eigenvalue weighted by molar-refractivity contribution is 5.94. The molecule has 0 fully saturated rings. The summed E-state index contributed by atoms with van der Waals surface area (Å²) in [5.41, 5.74) is 4.81. The van der Waals surface area contributed by atoms with Crippen LogP contribution in [0.4, 0.5) is 4.79 Å². The molecule has 0 aliphatic heterocycles. The van der Waals surface area contributed by atoms with Crippen molar-refractivity contribution in [2.45, 2.75) is 58.3 Å². The zero-order valence-corrected chi connectivity index (χ0v) is 11.5. The average Bonchev–Trinajstić information content (AvgIpc) is 2.30. The second kappa shape index (κ2) is 12.4. The van der Waals surface area contributed by atoms with Crippen molar-refractivity contribution in [1.29, 1.82) is 0 Å². The van der Waals surface area contributed by atoms with Crippen LogP contribution < -0.4 is 16.4 Å². The largest absolute Gasteiger partial charge is 0.351 e. The van der Waals surface area contributed by atoms with Gasteiger partial charge in [0.05, 0.1) is 6.54 Å². The van der Waals surface area contributed by atoms with Gasteiger partial charge < -0.3 is 11.1 Å². The lowest BCUT2D eigenvalue weighted by molar-refractivity contribution is -0.119. The Hall–Kier alpha value is -1.10. The topological polar surface area (TPSA) is 84.2 Å². The van der Waals surface area contributed by atoms with Gasteiger partial charge in [-0.15, -0.1) is 0 Å². The summed E-state index contributed by atoms with van der Waals surface area (Å²) in [4.78, 5) is 21.4. The van der Waals surface area contributed by atoms with Crippen molar-refractivity contribution in [3.05, 3.63) is 0 Å². The lowest BCUT2D eigenvalue weighted by Crippen LogP contribution is -2.40. The van der Waals surface area contributed by atoms with E-state index in [1.807, 2.05) is 5.32 Å². The van der Waals surface area contributed by atoms with E-state index in [4.69, 9.17) is 5.73 Å². The Bertz CT molecular complexity index is 232. The van der Waals surface area contributed by atoms with E-state index in [9.17, 15) is 9.59 Å². The third-order valence-electron chi connectivity index (χ3n) is 2.76. The first-order valence-corrected chi connectivity index (χ1v) is 6.96. The Morgan fingerprint density at radius 3 is 2.06 bits per heavy atom. The highest BCUT2D eigenvalue weighted by Crippen LogP contribution is 2.07. The number of nitrogens with two attached hydrogens (primary N) is 1. The van der Waals surface area contributed by atoms with Crippen LogP contribution >= 0.6 is 0 Å². The van der Waals surface area contributed by atoms with Crippen LogP contribution in [0.5, 0.6) is 0 Å². The molecule has 106 valence electrons. The maximum Gasteiger partial charge on any atom is 0.318 e. The molecule has 0 rings (SSSR count). The van der Waals surface area contributed by atoms with E-state index in [1.54, 1.807) is 0 Å². The van der Waals surface area contributed by atoms with Crippen LogP contribution in [0.3, 0.4) is 0 Å². The third kappa shape index (κ3) is 13.0. The van der Waals surface area contributed by atoms with Crippen molar-refractivity contribution in [1.82, 2.24) is 10.6 Å². The predicted molar refractivity (Wildman–Crippen MR) is 73.2 cm³/mol. The van der Waals surface area contributed by atoms with Crippen molar-refractivity contribution in [2.24, 2.45) is 5.73 Å². The molecule has 0 aromatic heterocycles. The first-order chi connectivity index (χ1) is 8.66. The molecule has 0 saturated heterocycles. The fourth-order valence-corrected chi connectivity index (χ4v) is 1.77. The summed E-state index contributed by atoms with van der Waals surface area (Å²) in [6.45, 7) is 3.18. The molecule has 0 bridgehead atoms. The Labute approximate surface area is 110 Å². The summed E-state index contributed by atoms with van der Waals surface area (Å²) < 4.78 is 0. The molecule has 0 unspecified atom stereocenters. The normalized spacial score (nSPS) is 10.3. The highest BCUT2D eigenvalue weighted by atomic mass is 16.2. The van der Waals surface area contributed by atoms with Crippen LogP contribution in [0.2, 0.25) is 0 Å². The van der Waals surface area contributed by atoms with Gasteiger partial charge in [-0.2, -0.15) is 0 Å². The van der Waals surface area contributed by atoms with Gasteiger partial charge in [0.1, 0.15) is 0 Å². The van der Waals surface area contributed by atoms with E-state index in [-0.39, 0.29) is 12.5 Å². The molecule has 0 aromatic rings. The molecule has 18 heavy (non-hydrogen) atoms. The number of hydrogen-bond donors (Lipinski definition) is 3. The predicted octanol–water partition coefficient (Wildman–Crippen LogP) is 1.91. The number of carbonyl (C=O) groups is 2. The van der Waals surface area contributed by atoms with Crippen LogP contribution in [0.15, 0.2) is 0 Å². The quantitative estimate of drug-likeness (QED) is 0.494. The number of unbranched alkanes of at least 4 members (excludes halogenated alkanes) is 7. The smallest absolute Gasteiger partial charge is 0.318 e. The number of carbonyl (C=O) groups excluding carboxylic acids is 2. The van der Waals surface area contributed by atoms with Gasteiger partial charge >= 0.3 is 6.03 Å². The summed E-state index contributed by atoms with van der Waals surface area (Å²) in [5, 5.41) is 4.99. The van der Waals surface area contributed by atoms with Gasteiger partial charge in [-0.3, -0.25) is 10.1 Å². The lowest BCUT2D eigenvalue weighted by Gasteiger charge is -2.04. The number of rotatable bonds is 11. The van der Waals surface area contributed by atoms with Crippen LogP contribution in [0.25, 0.3) is 0 Å². The minimum absolute atomic E-state index is 0.152. The van der Waals surface area contributed by atoms with Crippen molar-refractivity contribution in [3.63, 3.8) is 0 Å². The van der Waals surface area contributed by atoms with Crippen molar-refractivity contribution in [2.75, 3.05) is 13.1 Å². The maximum absolute atomic E-state index is 11.0. The molecular weight excluding hydrogens is 230 g/mol. The van der Waals surface area contributed by atoms with Gasteiger partial charge in [0, 0.05) is 0 Å². The Balaban J connectivity index is 3.11. The molecule has 0 saturated carbocycles. The molecule has 0 aliphatic carbocycles. The molecule has 0 aliphatic rings. The van der Waals surface area contributed by atoms with Crippen LogP contribution in [0, 0.1) is 0 Å². The molecule has 5 nitrogen and oxygen atoms in total. The standard InChI is InChI=1S/C13H27N3O2/c1-2-3-4-5-6-7-8-9-10-15-11-12(17)16-13(14)18/h15H,2-11H2,1H3,(H3,14,16,17,18). The van der Waals surface area contributed by atoms with E-state index < -0.39 is 6.03 Å².